The van der Waals surface area contributed by atoms with E-state index in [9.17, 15) is 18.8 Å². The van der Waals surface area contributed by atoms with Crippen molar-refractivity contribution in [2.45, 2.75) is 31.9 Å². The quantitative estimate of drug-likeness (QED) is 0.685. The summed E-state index contributed by atoms with van der Waals surface area (Å²) >= 11 is 0. The molecule has 0 radical (unpaired) electrons. The molecular weight excluding hydrogens is 365 g/mol. The summed E-state index contributed by atoms with van der Waals surface area (Å²) < 4.78 is 24.1. The monoisotopic (exact) mass is 385 g/mol. The molecule has 2 aromatic carbocycles. The Labute approximate surface area is 161 Å². The molecule has 7 heteroatoms. The van der Waals surface area contributed by atoms with E-state index in [-0.39, 0.29) is 18.8 Å². The van der Waals surface area contributed by atoms with Crippen molar-refractivity contribution < 1.29 is 28.2 Å². The number of aldehydes is 1. The van der Waals surface area contributed by atoms with E-state index in [1.807, 2.05) is 30.3 Å². The van der Waals surface area contributed by atoms with Gasteiger partial charge >= 0.3 is 6.09 Å². The molecule has 0 aromatic heterocycles. The van der Waals surface area contributed by atoms with Crippen molar-refractivity contribution in [2.24, 2.45) is 0 Å². The SMILES string of the molecule is Cc1cc(OC(CC=O)C(=O)N2C(=O)OCC2Cc2ccccc2)ccc1F. The fourth-order valence-corrected chi connectivity index (χ4v) is 3.06. The number of halogens is 1. The van der Waals surface area contributed by atoms with Crippen LogP contribution >= 0.6 is 0 Å². The Morgan fingerprint density at radius 1 is 1.32 bits per heavy atom. The first-order valence-electron chi connectivity index (χ1n) is 8.89. The van der Waals surface area contributed by atoms with Crippen molar-refractivity contribution in [2.75, 3.05) is 6.61 Å². The van der Waals surface area contributed by atoms with Crippen LogP contribution in [0.3, 0.4) is 0 Å². The summed E-state index contributed by atoms with van der Waals surface area (Å²) in [5.41, 5.74) is 1.29. The summed E-state index contributed by atoms with van der Waals surface area (Å²) in [5, 5.41) is 0. The third kappa shape index (κ3) is 4.36. The summed E-state index contributed by atoms with van der Waals surface area (Å²) in [6.07, 6.45) is -1.22. The maximum Gasteiger partial charge on any atom is 0.417 e. The van der Waals surface area contributed by atoms with Gasteiger partial charge in [-0.3, -0.25) is 4.79 Å². The number of hydrogen-bond acceptors (Lipinski definition) is 5. The number of hydrogen-bond donors (Lipinski definition) is 0. The molecule has 6 nitrogen and oxygen atoms in total. The van der Waals surface area contributed by atoms with Crippen LogP contribution in [0.5, 0.6) is 5.75 Å². The van der Waals surface area contributed by atoms with Crippen LogP contribution in [0.15, 0.2) is 48.5 Å². The normalized spacial score (nSPS) is 17.1. The molecule has 0 saturated carbocycles. The van der Waals surface area contributed by atoms with E-state index in [0.29, 0.717) is 18.3 Å². The minimum absolute atomic E-state index is 0.0724. The van der Waals surface area contributed by atoms with Crippen molar-refractivity contribution in [3.8, 4) is 5.75 Å². The number of cyclic esters (lactones) is 1. The molecule has 3 rings (SSSR count). The molecule has 1 aliphatic rings. The lowest BCUT2D eigenvalue weighted by molar-refractivity contribution is -0.138. The van der Waals surface area contributed by atoms with Gasteiger partial charge in [0, 0.05) is 6.42 Å². The minimum atomic E-state index is -1.20. The predicted octanol–water partition coefficient (Wildman–Crippen LogP) is 3.06. The van der Waals surface area contributed by atoms with Crippen molar-refractivity contribution in [3.63, 3.8) is 0 Å². The van der Waals surface area contributed by atoms with Gasteiger partial charge in [0.15, 0.2) is 6.10 Å². The summed E-state index contributed by atoms with van der Waals surface area (Å²) in [5.74, 6) is -0.819. The van der Waals surface area contributed by atoms with Crippen LogP contribution < -0.4 is 4.74 Å². The van der Waals surface area contributed by atoms with Gasteiger partial charge in [-0.2, -0.15) is 0 Å². The summed E-state index contributed by atoms with van der Waals surface area (Å²) in [4.78, 5) is 37.2. The maximum atomic E-state index is 13.4. The predicted molar refractivity (Wildman–Crippen MR) is 98.4 cm³/mol. The number of rotatable bonds is 7. The number of imide groups is 1. The number of aryl methyl sites for hydroxylation is 1. The first-order valence-corrected chi connectivity index (χ1v) is 8.89. The van der Waals surface area contributed by atoms with Gasteiger partial charge in [-0.1, -0.05) is 30.3 Å². The zero-order valence-electron chi connectivity index (χ0n) is 15.3. The van der Waals surface area contributed by atoms with Gasteiger partial charge in [0.05, 0.1) is 6.04 Å². The fraction of sp³-hybridized carbons (Fsp3) is 0.286. The van der Waals surface area contributed by atoms with Crippen LogP contribution in [0, 0.1) is 12.7 Å². The van der Waals surface area contributed by atoms with Crippen molar-refractivity contribution in [3.05, 3.63) is 65.5 Å². The lowest BCUT2D eigenvalue weighted by Gasteiger charge is -2.24. The van der Waals surface area contributed by atoms with Crippen molar-refractivity contribution in [1.82, 2.24) is 4.90 Å². The molecule has 1 fully saturated rings. The zero-order valence-corrected chi connectivity index (χ0v) is 15.3. The van der Waals surface area contributed by atoms with Gasteiger partial charge < -0.3 is 14.3 Å². The molecule has 146 valence electrons. The van der Waals surface area contributed by atoms with Gasteiger partial charge in [-0.05, 0) is 42.7 Å². The maximum absolute atomic E-state index is 13.4. The highest BCUT2D eigenvalue weighted by molar-refractivity contribution is 5.97. The molecule has 0 bridgehead atoms. The number of carbonyl (C=O) groups excluding carboxylic acids is 3. The minimum Gasteiger partial charge on any atom is -0.480 e. The summed E-state index contributed by atoms with van der Waals surface area (Å²) in [7, 11) is 0. The molecule has 0 spiro atoms. The molecule has 0 aliphatic carbocycles. The molecule has 1 aliphatic heterocycles. The third-order valence-electron chi connectivity index (χ3n) is 4.51. The van der Waals surface area contributed by atoms with E-state index >= 15 is 0 Å². The third-order valence-corrected chi connectivity index (χ3v) is 4.51. The molecule has 2 atom stereocenters. The Bertz CT molecular complexity index is 870. The zero-order chi connectivity index (χ0) is 20.1. The second-order valence-corrected chi connectivity index (χ2v) is 6.55. The fourth-order valence-electron chi connectivity index (χ4n) is 3.06. The van der Waals surface area contributed by atoms with Crippen molar-refractivity contribution in [1.29, 1.82) is 0 Å². The first kappa shape index (κ1) is 19.5. The Morgan fingerprint density at radius 3 is 2.75 bits per heavy atom. The Morgan fingerprint density at radius 2 is 2.07 bits per heavy atom. The second kappa shape index (κ2) is 8.65. The molecule has 1 heterocycles. The van der Waals surface area contributed by atoms with E-state index in [1.54, 1.807) is 6.92 Å². The molecule has 28 heavy (non-hydrogen) atoms. The van der Waals surface area contributed by atoms with Gasteiger partial charge in [-0.25, -0.2) is 14.1 Å². The number of benzene rings is 2. The van der Waals surface area contributed by atoms with Crippen LogP contribution in [-0.2, 0) is 20.7 Å². The molecular formula is C21H20FNO5. The largest absolute Gasteiger partial charge is 0.480 e. The van der Waals surface area contributed by atoms with E-state index in [0.717, 1.165) is 10.5 Å². The van der Waals surface area contributed by atoms with Gasteiger partial charge in [0.2, 0.25) is 0 Å². The standard InChI is InChI=1S/C21H20FNO5/c1-14-11-17(7-8-18(14)22)28-19(9-10-24)20(25)23-16(13-27-21(23)26)12-15-5-3-2-4-6-15/h2-8,10-11,16,19H,9,12-13H2,1H3. The smallest absolute Gasteiger partial charge is 0.417 e. The topological polar surface area (TPSA) is 72.9 Å². The lowest BCUT2D eigenvalue weighted by Crippen LogP contribution is -2.47. The lowest BCUT2D eigenvalue weighted by atomic mass is 10.1. The number of amides is 2. The van der Waals surface area contributed by atoms with Crippen molar-refractivity contribution >= 4 is 18.3 Å². The van der Waals surface area contributed by atoms with Crippen LogP contribution in [0.25, 0.3) is 0 Å². The van der Waals surface area contributed by atoms with Crippen LogP contribution in [0.2, 0.25) is 0 Å². The number of carbonyl (C=O) groups is 3. The van der Waals surface area contributed by atoms with E-state index in [1.165, 1.54) is 18.2 Å². The summed E-state index contributed by atoms with van der Waals surface area (Å²) in [6.45, 7) is 1.63. The molecule has 1 saturated heterocycles. The summed E-state index contributed by atoms with van der Waals surface area (Å²) in [6, 6.07) is 12.9. The van der Waals surface area contributed by atoms with E-state index in [2.05, 4.69) is 0 Å². The molecule has 2 amide bonds. The van der Waals surface area contributed by atoms with Gasteiger partial charge in [0.25, 0.3) is 5.91 Å². The van der Waals surface area contributed by atoms with Crippen LogP contribution in [0.4, 0.5) is 9.18 Å². The number of ether oxygens (including phenoxy) is 2. The number of nitrogens with zero attached hydrogens (tertiary/aromatic N) is 1. The van der Waals surface area contributed by atoms with Gasteiger partial charge in [-0.15, -0.1) is 0 Å². The molecule has 0 N–H and O–H groups in total. The average Bonchev–Trinajstić information content (AvgIpc) is 3.04. The Hall–Kier alpha value is -3.22. The molecule has 2 unspecified atom stereocenters. The van der Waals surface area contributed by atoms with E-state index < -0.39 is 30.0 Å². The highest BCUT2D eigenvalue weighted by atomic mass is 19.1. The van der Waals surface area contributed by atoms with Crippen LogP contribution in [0.1, 0.15) is 17.5 Å². The Balaban J connectivity index is 1.78. The van der Waals surface area contributed by atoms with E-state index in [4.69, 9.17) is 9.47 Å². The first-order chi connectivity index (χ1) is 13.5. The second-order valence-electron chi connectivity index (χ2n) is 6.55. The van der Waals surface area contributed by atoms with Crippen LogP contribution in [-0.4, -0.2) is 41.9 Å². The Kier molecular flexibility index (Phi) is 6.03. The van der Waals surface area contributed by atoms with Gasteiger partial charge in [0.1, 0.15) is 24.5 Å². The highest BCUT2D eigenvalue weighted by Crippen LogP contribution is 2.22. The average molecular weight is 385 g/mol. The molecule has 2 aromatic rings. The highest BCUT2D eigenvalue weighted by Gasteiger charge is 2.41.